The van der Waals surface area contributed by atoms with Gasteiger partial charge in [-0.2, -0.15) is 0 Å². The Kier molecular flexibility index (Phi) is 5.56. The average molecular weight is 514 g/mol. The smallest absolute Gasteiger partial charge is 0.332 e. The van der Waals surface area contributed by atoms with Crippen LogP contribution in [-0.2, 0) is 23.1 Å². The number of aromatic nitrogens is 4. The maximum absolute atomic E-state index is 13.7. The van der Waals surface area contributed by atoms with Crippen molar-refractivity contribution in [3.63, 3.8) is 0 Å². The summed E-state index contributed by atoms with van der Waals surface area (Å²) in [4.78, 5) is 27.3. The highest BCUT2D eigenvalue weighted by atomic mass is 32.2. The largest absolute Gasteiger partial charge is 0.361 e. The van der Waals surface area contributed by atoms with Gasteiger partial charge in [0.25, 0.3) is 5.56 Å². The van der Waals surface area contributed by atoms with Crippen LogP contribution in [0.4, 0.5) is 0 Å². The SMILES string of the molecule is Cc1noc(C)c1Cn1c(=O)c2cc(S(=O)(=O)NC3(C)CC3)ccc2n(Cc2c(C)noc2C)c1=O. The van der Waals surface area contributed by atoms with Gasteiger partial charge in [-0.25, -0.2) is 17.9 Å². The molecule has 1 fully saturated rings. The van der Waals surface area contributed by atoms with Crippen LogP contribution in [0.15, 0.2) is 41.7 Å². The van der Waals surface area contributed by atoms with Crippen LogP contribution >= 0.6 is 0 Å². The number of hydrogen-bond donors (Lipinski definition) is 1. The lowest BCUT2D eigenvalue weighted by atomic mass is 10.1. The van der Waals surface area contributed by atoms with Crippen LogP contribution in [0.25, 0.3) is 10.9 Å². The molecule has 11 nitrogen and oxygen atoms in total. The Labute approximate surface area is 206 Å². The first kappa shape index (κ1) is 24.2. The van der Waals surface area contributed by atoms with Crippen molar-refractivity contribution in [1.29, 1.82) is 0 Å². The molecule has 0 aliphatic heterocycles. The number of fused-ring (bicyclic) bond motifs is 1. The third kappa shape index (κ3) is 4.09. The van der Waals surface area contributed by atoms with Crippen LogP contribution in [-0.4, -0.2) is 33.4 Å². The van der Waals surface area contributed by atoms with Crippen molar-refractivity contribution < 1.29 is 17.5 Å². The van der Waals surface area contributed by atoms with Gasteiger partial charge in [0.1, 0.15) is 11.5 Å². The summed E-state index contributed by atoms with van der Waals surface area (Å²) in [6, 6.07) is 4.25. The summed E-state index contributed by atoms with van der Waals surface area (Å²) in [5, 5.41) is 7.99. The molecule has 0 atom stereocenters. The van der Waals surface area contributed by atoms with Crippen molar-refractivity contribution in [2.75, 3.05) is 0 Å². The number of aryl methyl sites for hydroxylation is 4. The van der Waals surface area contributed by atoms with Crippen molar-refractivity contribution in [2.45, 2.75) is 71.0 Å². The van der Waals surface area contributed by atoms with E-state index in [4.69, 9.17) is 9.05 Å². The van der Waals surface area contributed by atoms with Gasteiger partial charge in [-0.05, 0) is 65.7 Å². The fourth-order valence-corrected chi connectivity index (χ4v) is 5.80. The lowest BCUT2D eigenvalue weighted by Gasteiger charge is -2.16. The molecule has 3 aromatic heterocycles. The highest BCUT2D eigenvalue weighted by Crippen LogP contribution is 2.36. The van der Waals surface area contributed by atoms with E-state index in [2.05, 4.69) is 15.0 Å². The summed E-state index contributed by atoms with van der Waals surface area (Å²) in [5.74, 6) is 1.05. The molecular formula is C24H27N5O6S. The van der Waals surface area contributed by atoms with E-state index in [-0.39, 0.29) is 23.4 Å². The maximum atomic E-state index is 13.7. The van der Waals surface area contributed by atoms with E-state index >= 15 is 0 Å². The summed E-state index contributed by atoms with van der Waals surface area (Å²) in [6.45, 7) is 8.83. The van der Waals surface area contributed by atoms with Gasteiger partial charge in [-0.1, -0.05) is 10.3 Å². The molecule has 1 saturated carbocycles. The van der Waals surface area contributed by atoms with Crippen molar-refractivity contribution in [2.24, 2.45) is 0 Å². The Hall–Kier alpha value is -3.51. The molecule has 5 rings (SSSR count). The minimum Gasteiger partial charge on any atom is -0.361 e. The molecule has 0 spiro atoms. The van der Waals surface area contributed by atoms with Gasteiger partial charge in [0.2, 0.25) is 10.0 Å². The predicted octanol–water partition coefficient (Wildman–Crippen LogP) is 2.30. The van der Waals surface area contributed by atoms with Gasteiger partial charge in [0.15, 0.2) is 0 Å². The zero-order valence-corrected chi connectivity index (χ0v) is 21.5. The van der Waals surface area contributed by atoms with E-state index in [1.54, 1.807) is 27.7 Å². The number of nitrogens with one attached hydrogen (secondary N) is 1. The number of nitrogens with zero attached hydrogens (tertiary/aromatic N) is 4. The quantitative estimate of drug-likeness (QED) is 0.397. The molecular weight excluding hydrogens is 486 g/mol. The van der Waals surface area contributed by atoms with Crippen LogP contribution < -0.4 is 16.0 Å². The van der Waals surface area contributed by atoms with Crippen molar-refractivity contribution in [3.8, 4) is 0 Å². The molecule has 12 heteroatoms. The molecule has 190 valence electrons. The highest BCUT2D eigenvalue weighted by Gasteiger charge is 2.41. The van der Waals surface area contributed by atoms with Crippen molar-refractivity contribution >= 4 is 20.9 Å². The topological polar surface area (TPSA) is 142 Å². The highest BCUT2D eigenvalue weighted by molar-refractivity contribution is 7.89. The minimum absolute atomic E-state index is 0.0355. The first-order valence-electron chi connectivity index (χ1n) is 11.5. The van der Waals surface area contributed by atoms with Crippen LogP contribution in [0.5, 0.6) is 0 Å². The van der Waals surface area contributed by atoms with Gasteiger partial charge >= 0.3 is 5.69 Å². The van der Waals surface area contributed by atoms with Crippen molar-refractivity contribution in [1.82, 2.24) is 24.2 Å². The van der Waals surface area contributed by atoms with E-state index in [0.717, 1.165) is 17.4 Å². The number of benzene rings is 1. The maximum Gasteiger partial charge on any atom is 0.332 e. The van der Waals surface area contributed by atoms with Crippen LogP contribution in [0.1, 0.15) is 53.8 Å². The van der Waals surface area contributed by atoms with Gasteiger partial charge in [-0.3, -0.25) is 13.9 Å². The Morgan fingerprint density at radius 1 is 0.944 bits per heavy atom. The van der Waals surface area contributed by atoms with Crippen LogP contribution in [0.3, 0.4) is 0 Å². The molecule has 1 N–H and O–H groups in total. The van der Waals surface area contributed by atoms with E-state index in [1.165, 1.54) is 22.8 Å². The predicted molar refractivity (Wildman–Crippen MR) is 131 cm³/mol. The second kappa shape index (κ2) is 8.27. The normalized spacial score (nSPS) is 15.0. The molecule has 1 aliphatic carbocycles. The Morgan fingerprint density at radius 2 is 1.50 bits per heavy atom. The third-order valence-electron chi connectivity index (χ3n) is 6.88. The number of hydrogen-bond acceptors (Lipinski definition) is 8. The summed E-state index contributed by atoms with van der Waals surface area (Å²) in [6.07, 6.45) is 1.50. The molecule has 1 aliphatic rings. The van der Waals surface area contributed by atoms with Crippen molar-refractivity contribution in [3.05, 3.63) is 73.1 Å². The monoisotopic (exact) mass is 513 g/mol. The number of rotatable bonds is 7. The molecule has 0 unspecified atom stereocenters. The standard InChI is InChI=1S/C24H27N5O6S/c1-13-19(15(3)34-25-13)11-28-21-7-6-17(36(32,33)27-24(5)8-9-24)10-18(21)22(30)29(23(28)31)12-20-14(2)26-35-16(20)4/h6-7,10,27H,8-9,11-12H2,1-5H3. The van der Waals surface area contributed by atoms with Crippen LogP contribution in [0.2, 0.25) is 0 Å². The summed E-state index contributed by atoms with van der Waals surface area (Å²) < 4.78 is 41.8. The second-order valence-corrected chi connectivity index (χ2v) is 11.4. The minimum atomic E-state index is -3.86. The molecule has 0 saturated heterocycles. The first-order chi connectivity index (χ1) is 16.9. The molecule has 0 radical (unpaired) electrons. The Morgan fingerprint density at radius 3 is 2.00 bits per heavy atom. The zero-order valence-electron chi connectivity index (χ0n) is 20.7. The summed E-state index contributed by atoms with van der Waals surface area (Å²) in [7, 11) is -3.86. The van der Waals surface area contributed by atoms with E-state index in [9.17, 15) is 18.0 Å². The fourth-order valence-electron chi connectivity index (χ4n) is 4.31. The van der Waals surface area contributed by atoms with Gasteiger partial charge < -0.3 is 9.05 Å². The Balaban J connectivity index is 1.74. The molecule has 36 heavy (non-hydrogen) atoms. The summed E-state index contributed by atoms with van der Waals surface area (Å²) >= 11 is 0. The van der Waals surface area contributed by atoms with E-state index in [1.807, 2.05) is 6.92 Å². The fraction of sp³-hybridized carbons (Fsp3) is 0.417. The first-order valence-corrected chi connectivity index (χ1v) is 13.0. The molecule has 0 amide bonds. The summed E-state index contributed by atoms with van der Waals surface area (Å²) in [5.41, 5.74) is 1.21. The van der Waals surface area contributed by atoms with Gasteiger partial charge in [0, 0.05) is 16.7 Å². The zero-order chi connectivity index (χ0) is 26.0. The Bertz CT molecular complexity index is 1700. The van der Waals surface area contributed by atoms with Crippen LogP contribution in [0, 0.1) is 27.7 Å². The lowest BCUT2D eigenvalue weighted by Crippen LogP contribution is -2.41. The lowest BCUT2D eigenvalue weighted by molar-refractivity contribution is 0.391. The van der Waals surface area contributed by atoms with Gasteiger partial charge in [-0.15, -0.1) is 0 Å². The molecule has 4 aromatic rings. The molecule has 0 bridgehead atoms. The van der Waals surface area contributed by atoms with E-state index < -0.39 is 26.8 Å². The molecule has 3 heterocycles. The third-order valence-corrected chi connectivity index (χ3v) is 8.52. The van der Waals surface area contributed by atoms with E-state index in [0.29, 0.717) is 39.6 Å². The molecule has 1 aromatic carbocycles. The number of sulfonamides is 1. The van der Waals surface area contributed by atoms with Gasteiger partial charge in [0.05, 0.1) is 40.3 Å². The second-order valence-electron chi connectivity index (χ2n) is 9.71. The average Bonchev–Trinajstić information content (AvgIpc) is 3.34.